The highest BCUT2D eigenvalue weighted by Gasteiger charge is 2.18. The Balaban J connectivity index is 2.99. The average molecular weight is 317 g/mol. The van der Waals surface area contributed by atoms with Crippen LogP contribution in [0.4, 0.5) is 5.82 Å². The van der Waals surface area contributed by atoms with Gasteiger partial charge in [0.05, 0.1) is 6.61 Å². The third-order valence-electron chi connectivity index (χ3n) is 2.71. The first kappa shape index (κ1) is 17.3. The summed E-state index contributed by atoms with van der Waals surface area (Å²) in [5.74, 6) is -0.620. The zero-order chi connectivity index (χ0) is 16.0. The van der Waals surface area contributed by atoms with Crippen molar-refractivity contribution >= 4 is 21.8 Å². The average Bonchev–Trinajstić information content (AvgIpc) is 2.43. The van der Waals surface area contributed by atoms with Gasteiger partial charge in [-0.3, -0.25) is 4.79 Å². The maximum atomic E-state index is 11.9. The molecule has 0 aliphatic rings. The van der Waals surface area contributed by atoms with Gasteiger partial charge < -0.3 is 14.7 Å². The molecule has 8 nitrogen and oxygen atoms in total. The van der Waals surface area contributed by atoms with Crippen molar-refractivity contribution in [2.45, 2.75) is 4.90 Å². The smallest absolute Gasteiger partial charge is 0.323 e. The van der Waals surface area contributed by atoms with Crippen molar-refractivity contribution in [1.82, 2.24) is 9.29 Å². The minimum Gasteiger partial charge on any atom is -0.480 e. The van der Waals surface area contributed by atoms with E-state index in [0.717, 1.165) is 4.31 Å². The Hall–Kier alpha value is -1.71. The standard InChI is InChI=1S/C12H19N3O5S/c1-14(2)21(18,19)10-4-5-11(13-8-10)15(6-7-20-3)9-12(16)17/h4-5,8H,6-7,9H2,1-3H3,(H,16,17). The number of carbonyl (C=O) groups is 1. The van der Waals surface area contributed by atoms with Crippen LogP contribution in [-0.4, -0.2) is 69.7 Å². The van der Waals surface area contributed by atoms with Crippen LogP contribution in [0.1, 0.15) is 0 Å². The van der Waals surface area contributed by atoms with E-state index in [1.54, 1.807) is 0 Å². The lowest BCUT2D eigenvalue weighted by Gasteiger charge is -2.21. The van der Waals surface area contributed by atoms with Gasteiger partial charge in [0, 0.05) is 33.9 Å². The van der Waals surface area contributed by atoms with Gasteiger partial charge in [-0.15, -0.1) is 0 Å². The molecular formula is C12H19N3O5S. The number of nitrogens with zero attached hydrogens (tertiary/aromatic N) is 3. The Labute approximate surface area is 124 Å². The molecule has 1 rings (SSSR count). The van der Waals surface area contributed by atoms with Crippen LogP contribution >= 0.6 is 0 Å². The fourth-order valence-corrected chi connectivity index (χ4v) is 2.41. The van der Waals surface area contributed by atoms with Gasteiger partial charge in [0.2, 0.25) is 10.0 Å². The summed E-state index contributed by atoms with van der Waals surface area (Å²) in [6, 6.07) is 2.88. The predicted octanol–water partition coefficient (Wildman–Crippen LogP) is -0.131. The molecule has 0 atom stereocenters. The summed E-state index contributed by atoms with van der Waals surface area (Å²) in [4.78, 5) is 16.4. The van der Waals surface area contributed by atoms with E-state index >= 15 is 0 Å². The number of hydrogen-bond donors (Lipinski definition) is 1. The van der Waals surface area contributed by atoms with E-state index in [9.17, 15) is 13.2 Å². The molecule has 0 saturated heterocycles. The molecule has 9 heteroatoms. The normalized spacial score (nSPS) is 11.6. The van der Waals surface area contributed by atoms with E-state index in [1.807, 2.05) is 0 Å². The number of methoxy groups -OCH3 is 1. The number of aliphatic carboxylic acids is 1. The van der Waals surface area contributed by atoms with Gasteiger partial charge in [0.1, 0.15) is 17.3 Å². The predicted molar refractivity (Wildman–Crippen MR) is 76.8 cm³/mol. The number of pyridine rings is 1. The van der Waals surface area contributed by atoms with Crippen LogP contribution in [0.2, 0.25) is 0 Å². The van der Waals surface area contributed by atoms with Crippen LogP contribution in [0, 0.1) is 0 Å². The topological polar surface area (TPSA) is 100 Å². The van der Waals surface area contributed by atoms with E-state index in [4.69, 9.17) is 9.84 Å². The molecule has 1 N–H and O–H groups in total. The maximum absolute atomic E-state index is 11.9. The Morgan fingerprint density at radius 1 is 1.38 bits per heavy atom. The van der Waals surface area contributed by atoms with Gasteiger partial charge in [-0.05, 0) is 12.1 Å². The molecule has 0 fully saturated rings. The van der Waals surface area contributed by atoms with Crippen molar-refractivity contribution in [3.05, 3.63) is 18.3 Å². The van der Waals surface area contributed by atoms with Gasteiger partial charge in [-0.2, -0.15) is 0 Å². The highest BCUT2D eigenvalue weighted by Crippen LogP contribution is 2.16. The van der Waals surface area contributed by atoms with Crippen molar-refractivity contribution in [2.75, 3.05) is 45.8 Å². The van der Waals surface area contributed by atoms with E-state index < -0.39 is 16.0 Å². The second-order valence-electron chi connectivity index (χ2n) is 4.45. The first-order valence-corrected chi connectivity index (χ1v) is 7.57. The summed E-state index contributed by atoms with van der Waals surface area (Å²) < 4.78 is 29.8. The summed E-state index contributed by atoms with van der Waals surface area (Å²) in [6.07, 6.45) is 1.21. The molecule has 1 heterocycles. The summed E-state index contributed by atoms with van der Waals surface area (Å²) >= 11 is 0. The number of hydrogen-bond acceptors (Lipinski definition) is 6. The number of carboxylic acids is 1. The number of anilines is 1. The van der Waals surface area contributed by atoms with E-state index in [2.05, 4.69) is 4.98 Å². The van der Waals surface area contributed by atoms with Gasteiger partial charge in [-0.1, -0.05) is 0 Å². The molecule has 0 aromatic carbocycles. The highest BCUT2D eigenvalue weighted by molar-refractivity contribution is 7.89. The van der Waals surface area contributed by atoms with Crippen LogP contribution < -0.4 is 4.90 Å². The lowest BCUT2D eigenvalue weighted by molar-refractivity contribution is -0.135. The molecule has 0 unspecified atom stereocenters. The molecule has 0 aliphatic heterocycles. The number of aromatic nitrogens is 1. The molecule has 0 aliphatic carbocycles. The number of ether oxygens (including phenoxy) is 1. The Bertz CT molecular complexity index is 571. The van der Waals surface area contributed by atoms with E-state index in [-0.39, 0.29) is 11.4 Å². The van der Waals surface area contributed by atoms with Crippen LogP contribution in [0.15, 0.2) is 23.2 Å². The summed E-state index contributed by atoms with van der Waals surface area (Å²) in [6.45, 7) is 0.443. The Morgan fingerprint density at radius 3 is 2.48 bits per heavy atom. The Morgan fingerprint density at radius 2 is 2.05 bits per heavy atom. The molecule has 0 bridgehead atoms. The molecule has 0 saturated carbocycles. The summed E-state index contributed by atoms with van der Waals surface area (Å²) in [7, 11) is 0.823. The third kappa shape index (κ3) is 4.66. The first-order valence-electron chi connectivity index (χ1n) is 6.13. The van der Waals surface area contributed by atoms with Crippen molar-refractivity contribution < 1.29 is 23.1 Å². The van der Waals surface area contributed by atoms with Gasteiger partial charge in [0.25, 0.3) is 0 Å². The largest absolute Gasteiger partial charge is 0.480 e. The summed E-state index contributed by atoms with van der Waals surface area (Å²) in [5.41, 5.74) is 0. The molecule has 0 amide bonds. The fraction of sp³-hybridized carbons (Fsp3) is 0.500. The molecule has 1 aromatic rings. The van der Waals surface area contributed by atoms with Crippen LogP contribution in [-0.2, 0) is 19.6 Å². The van der Waals surface area contributed by atoms with Crippen molar-refractivity contribution in [3.8, 4) is 0 Å². The third-order valence-corrected chi connectivity index (χ3v) is 4.51. The first-order chi connectivity index (χ1) is 9.78. The fourth-order valence-electron chi connectivity index (χ4n) is 1.56. The summed E-state index contributed by atoms with van der Waals surface area (Å²) in [5, 5.41) is 8.89. The van der Waals surface area contributed by atoms with Crippen molar-refractivity contribution in [1.29, 1.82) is 0 Å². The SMILES string of the molecule is COCCN(CC(=O)O)c1ccc(S(=O)(=O)N(C)C)cn1. The molecule has 0 spiro atoms. The number of rotatable bonds is 8. The van der Waals surface area contributed by atoms with Gasteiger partial charge >= 0.3 is 5.97 Å². The Kier molecular flexibility index (Phi) is 6.06. The van der Waals surface area contributed by atoms with Gasteiger partial charge in [0.15, 0.2) is 0 Å². The van der Waals surface area contributed by atoms with E-state index in [0.29, 0.717) is 19.0 Å². The lowest BCUT2D eigenvalue weighted by Crippen LogP contribution is -2.33. The van der Waals surface area contributed by atoms with Gasteiger partial charge in [-0.25, -0.2) is 17.7 Å². The van der Waals surface area contributed by atoms with Crippen molar-refractivity contribution in [2.24, 2.45) is 0 Å². The lowest BCUT2D eigenvalue weighted by atomic mass is 10.4. The maximum Gasteiger partial charge on any atom is 0.323 e. The molecular weight excluding hydrogens is 298 g/mol. The zero-order valence-electron chi connectivity index (χ0n) is 12.2. The van der Waals surface area contributed by atoms with Crippen molar-refractivity contribution in [3.63, 3.8) is 0 Å². The minimum atomic E-state index is -3.55. The van der Waals surface area contributed by atoms with E-state index in [1.165, 1.54) is 44.4 Å². The molecule has 1 aromatic heterocycles. The molecule has 0 radical (unpaired) electrons. The monoisotopic (exact) mass is 317 g/mol. The second kappa shape index (κ2) is 7.34. The van der Waals surface area contributed by atoms with Crippen LogP contribution in [0.3, 0.4) is 0 Å². The minimum absolute atomic E-state index is 0.0540. The zero-order valence-corrected chi connectivity index (χ0v) is 13.0. The highest BCUT2D eigenvalue weighted by atomic mass is 32.2. The van der Waals surface area contributed by atoms with Crippen LogP contribution in [0.5, 0.6) is 0 Å². The molecule has 118 valence electrons. The quantitative estimate of drug-likeness (QED) is 0.713. The number of carboxylic acid groups (broad SMARTS) is 1. The molecule has 21 heavy (non-hydrogen) atoms. The van der Waals surface area contributed by atoms with Crippen LogP contribution in [0.25, 0.3) is 0 Å². The number of sulfonamides is 1. The second-order valence-corrected chi connectivity index (χ2v) is 6.60.